The standard InChI is InChI=1S/C17H18N2O4/c1-11-3-7-14(8-4-11)18-16(17(21)12(2)20)13-5-9-15(10-6-13)19(22)23/h3-10,16-18,21H,1-2H3/t16-,17-/m1/s1. The summed E-state index contributed by atoms with van der Waals surface area (Å²) >= 11 is 0. The summed E-state index contributed by atoms with van der Waals surface area (Å²) in [5.74, 6) is -0.382. The molecule has 0 aliphatic rings. The van der Waals surface area contributed by atoms with Crippen molar-refractivity contribution in [2.24, 2.45) is 0 Å². The number of carbonyl (C=O) groups is 1. The number of rotatable bonds is 6. The summed E-state index contributed by atoms with van der Waals surface area (Å²) in [4.78, 5) is 21.8. The number of aryl methyl sites for hydroxylation is 1. The first-order chi connectivity index (χ1) is 10.9. The summed E-state index contributed by atoms with van der Waals surface area (Å²) in [6.45, 7) is 3.27. The van der Waals surface area contributed by atoms with E-state index in [9.17, 15) is 20.0 Å². The maximum atomic E-state index is 11.6. The van der Waals surface area contributed by atoms with Crippen LogP contribution in [0.2, 0.25) is 0 Å². The van der Waals surface area contributed by atoms with Gasteiger partial charge in [-0.2, -0.15) is 0 Å². The minimum Gasteiger partial charge on any atom is -0.383 e. The van der Waals surface area contributed by atoms with Gasteiger partial charge in [0.1, 0.15) is 6.10 Å². The number of carbonyl (C=O) groups excluding carboxylic acids is 1. The molecule has 0 radical (unpaired) electrons. The van der Waals surface area contributed by atoms with Gasteiger partial charge in [-0.15, -0.1) is 0 Å². The first-order valence-electron chi connectivity index (χ1n) is 7.14. The van der Waals surface area contributed by atoms with E-state index in [-0.39, 0.29) is 11.5 Å². The van der Waals surface area contributed by atoms with Gasteiger partial charge in [0.25, 0.3) is 5.69 Å². The minimum absolute atomic E-state index is 0.0415. The maximum Gasteiger partial charge on any atom is 0.269 e. The zero-order valence-electron chi connectivity index (χ0n) is 12.9. The predicted octanol–water partition coefficient (Wildman–Crippen LogP) is 3.01. The molecule has 0 bridgehead atoms. The average Bonchev–Trinajstić information content (AvgIpc) is 2.53. The highest BCUT2D eigenvalue weighted by atomic mass is 16.6. The number of nitro groups is 1. The molecule has 0 amide bonds. The number of aliphatic hydroxyl groups excluding tert-OH is 1. The number of non-ortho nitro benzene ring substituents is 1. The van der Waals surface area contributed by atoms with Gasteiger partial charge in [0.15, 0.2) is 5.78 Å². The maximum absolute atomic E-state index is 11.6. The van der Waals surface area contributed by atoms with Gasteiger partial charge in [0.2, 0.25) is 0 Å². The smallest absolute Gasteiger partial charge is 0.269 e. The largest absolute Gasteiger partial charge is 0.383 e. The van der Waals surface area contributed by atoms with E-state index in [1.54, 1.807) is 0 Å². The molecule has 2 aromatic rings. The Morgan fingerprint density at radius 1 is 1.13 bits per heavy atom. The SMILES string of the molecule is CC(=O)[C@@H](O)[C@H](Nc1ccc(C)cc1)c1ccc([N+](=O)[O-])cc1. The van der Waals surface area contributed by atoms with Crippen molar-refractivity contribution >= 4 is 17.2 Å². The zero-order chi connectivity index (χ0) is 17.0. The van der Waals surface area contributed by atoms with E-state index in [1.807, 2.05) is 31.2 Å². The van der Waals surface area contributed by atoms with Gasteiger partial charge < -0.3 is 10.4 Å². The molecule has 0 saturated carbocycles. The topological polar surface area (TPSA) is 92.5 Å². The Kier molecular flexibility index (Phi) is 5.08. The van der Waals surface area contributed by atoms with E-state index in [0.29, 0.717) is 5.56 Å². The molecule has 2 atom stereocenters. The molecule has 120 valence electrons. The van der Waals surface area contributed by atoms with Gasteiger partial charge in [-0.05, 0) is 31.5 Å². The third-order valence-corrected chi connectivity index (χ3v) is 3.57. The number of nitrogens with one attached hydrogen (secondary N) is 1. The second-order valence-electron chi connectivity index (χ2n) is 5.39. The molecule has 23 heavy (non-hydrogen) atoms. The molecular weight excluding hydrogens is 296 g/mol. The van der Waals surface area contributed by atoms with Crippen molar-refractivity contribution < 1.29 is 14.8 Å². The van der Waals surface area contributed by atoms with Crippen molar-refractivity contribution in [1.29, 1.82) is 0 Å². The summed E-state index contributed by atoms with van der Waals surface area (Å²) < 4.78 is 0. The van der Waals surface area contributed by atoms with Gasteiger partial charge in [0.05, 0.1) is 11.0 Å². The highest BCUT2D eigenvalue weighted by molar-refractivity contribution is 5.81. The number of hydrogen-bond donors (Lipinski definition) is 2. The Morgan fingerprint density at radius 2 is 1.70 bits per heavy atom. The molecule has 2 rings (SSSR count). The number of nitrogens with zero attached hydrogens (tertiary/aromatic N) is 1. The molecule has 2 aromatic carbocycles. The lowest BCUT2D eigenvalue weighted by Crippen LogP contribution is -2.31. The van der Waals surface area contributed by atoms with Gasteiger partial charge >= 0.3 is 0 Å². The number of Topliss-reactive ketones (excluding diaryl/α,β-unsaturated/α-hetero) is 1. The first-order valence-corrected chi connectivity index (χ1v) is 7.14. The van der Waals surface area contributed by atoms with Crippen LogP contribution in [0.3, 0.4) is 0 Å². The summed E-state index contributed by atoms with van der Waals surface area (Å²) in [5.41, 5.74) is 2.40. The van der Waals surface area contributed by atoms with E-state index >= 15 is 0 Å². The number of aliphatic hydroxyl groups is 1. The lowest BCUT2D eigenvalue weighted by molar-refractivity contribution is -0.384. The van der Waals surface area contributed by atoms with E-state index in [2.05, 4.69) is 5.32 Å². The Bertz CT molecular complexity index is 696. The average molecular weight is 314 g/mol. The number of nitro benzene ring substituents is 1. The molecule has 0 aromatic heterocycles. The third kappa shape index (κ3) is 4.14. The number of hydrogen-bond acceptors (Lipinski definition) is 5. The summed E-state index contributed by atoms with van der Waals surface area (Å²) in [7, 11) is 0. The van der Waals surface area contributed by atoms with Gasteiger partial charge in [0, 0.05) is 17.8 Å². The fourth-order valence-electron chi connectivity index (χ4n) is 2.21. The van der Waals surface area contributed by atoms with Crippen molar-refractivity contribution in [2.45, 2.75) is 26.0 Å². The number of anilines is 1. The van der Waals surface area contributed by atoms with Crippen molar-refractivity contribution in [3.63, 3.8) is 0 Å². The van der Waals surface area contributed by atoms with Crippen LogP contribution in [0.5, 0.6) is 0 Å². The van der Waals surface area contributed by atoms with Gasteiger partial charge in [-0.3, -0.25) is 14.9 Å². The van der Waals surface area contributed by atoms with E-state index in [1.165, 1.54) is 31.2 Å². The van der Waals surface area contributed by atoms with Crippen LogP contribution in [0, 0.1) is 17.0 Å². The quantitative estimate of drug-likeness (QED) is 0.631. The third-order valence-electron chi connectivity index (χ3n) is 3.57. The van der Waals surface area contributed by atoms with Crippen molar-refractivity contribution in [1.82, 2.24) is 0 Å². The predicted molar refractivity (Wildman–Crippen MR) is 87.3 cm³/mol. The van der Waals surface area contributed by atoms with E-state index in [4.69, 9.17) is 0 Å². The zero-order valence-corrected chi connectivity index (χ0v) is 12.9. The first kappa shape index (κ1) is 16.6. The van der Waals surface area contributed by atoms with E-state index in [0.717, 1.165) is 11.3 Å². The molecule has 6 heteroatoms. The fraction of sp³-hybridized carbons (Fsp3) is 0.235. The highest BCUT2D eigenvalue weighted by Gasteiger charge is 2.25. The molecule has 0 saturated heterocycles. The van der Waals surface area contributed by atoms with Crippen molar-refractivity contribution in [3.8, 4) is 0 Å². The molecule has 0 unspecified atom stereocenters. The summed E-state index contributed by atoms with van der Waals surface area (Å²) in [6.07, 6.45) is -1.25. The van der Waals surface area contributed by atoms with Gasteiger partial charge in [-0.25, -0.2) is 0 Å². The molecular formula is C17H18N2O4. The van der Waals surface area contributed by atoms with Crippen LogP contribution in [-0.4, -0.2) is 21.9 Å². The normalized spacial score (nSPS) is 13.2. The van der Waals surface area contributed by atoms with Crippen LogP contribution >= 0.6 is 0 Å². The molecule has 0 aliphatic heterocycles. The summed E-state index contributed by atoms with van der Waals surface area (Å²) in [6, 6.07) is 12.6. The molecule has 0 heterocycles. The number of ketones is 1. The monoisotopic (exact) mass is 314 g/mol. The molecule has 0 fully saturated rings. The molecule has 0 spiro atoms. The van der Waals surface area contributed by atoms with Crippen LogP contribution < -0.4 is 5.32 Å². The fourth-order valence-corrected chi connectivity index (χ4v) is 2.21. The Labute approximate surface area is 133 Å². The summed E-state index contributed by atoms with van der Waals surface area (Å²) in [5, 5.41) is 24.0. The van der Waals surface area contributed by atoms with Crippen LogP contribution in [0.15, 0.2) is 48.5 Å². The van der Waals surface area contributed by atoms with Crippen LogP contribution in [-0.2, 0) is 4.79 Å². The number of benzene rings is 2. The van der Waals surface area contributed by atoms with Crippen LogP contribution in [0.4, 0.5) is 11.4 Å². The van der Waals surface area contributed by atoms with Gasteiger partial charge in [-0.1, -0.05) is 29.8 Å². The van der Waals surface area contributed by atoms with E-state index < -0.39 is 17.1 Å². The van der Waals surface area contributed by atoms with Crippen LogP contribution in [0.25, 0.3) is 0 Å². The van der Waals surface area contributed by atoms with Crippen molar-refractivity contribution in [3.05, 3.63) is 69.8 Å². The second kappa shape index (κ2) is 7.02. The van der Waals surface area contributed by atoms with Crippen LogP contribution in [0.1, 0.15) is 24.1 Å². The second-order valence-corrected chi connectivity index (χ2v) is 5.39. The molecule has 6 nitrogen and oxygen atoms in total. The lowest BCUT2D eigenvalue weighted by Gasteiger charge is -2.24. The minimum atomic E-state index is -1.25. The molecule has 2 N–H and O–H groups in total. The lowest BCUT2D eigenvalue weighted by atomic mass is 9.98. The Hall–Kier alpha value is -2.73. The Morgan fingerprint density at radius 3 is 2.17 bits per heavy atom. The van der Waals surface area contributed by atoms with Crippen molar-refractivity contribution in [2.75, 3.05) is 5.32 Å². The Balaban J connectivity index is 2.31. The highest BCUT2D eigenvalue weighted by Crippen LogP contribution is 2.25. The molecule has 0 aliphatic carbocycles.